The zero-order valence-corrected chi connectivity index (χ0v) is 25.4. The molecule has 44 heavy (non-hydrogen) atoms. The van der Waals surface area contributed by atoms with Crippen molar-refractivity contribution < 1.29 is 28.6 Å². The quantitative estimate of drug-likeness (QED) is 0.121. The summed E-state index contributed by atoms with van der Waals surface area (Å²) in [5.41, 5.74) is 2.06. The highest BCUT2D eigenvalue weighted by Crippen LogP contribution is 2.28. The minimum absolute atomic E-state index is 0.00715. The van der Waals surface area contributed by atoms with E-state index < -0.39 is 11.8 Å². The molecule has 0 spiro atoms. The van der Waals surface area contributed by atoms with Crippen LogP contribution in [0.4, 0.5) is 11.4 Å². The molecule has 0 fully saturated rings. The van der Waals surface area contributed by atoms with Crippen LogP contribution >= 0.6 is 11.8 Å². The number of methoxy groups -OCH3 is 2. The molecule has 0 aromatic heterocycles. The van der Waals surface area contributed by atoms with E-state index >= 15 is 0 Å². The van der Waals surface area contributed by atoms with Crippen LogP contribution in [0.5, 0.6) is 17.2 Å². The molecular weight excluding hydrogens is 578 g/mol. The van der Waals surface area contributed by atoms with E-state index in [-0.39, 0.29) is 17.4 Å². The van der Waals surface area contributed by atoms with Crippen LogP contribution in [0.25, 0.3) is 6.08 Å². The molecule has 0 bridgehead atoms. The molecule has 0 heterocycles. The van der Waals surface area contributed by atoms with Gasteiger partial charge in [-0.1, -0.05) is 36.4 Å². The summed E-state index contributed by atoms with van der Waals surface area (Å²) in [7, 11) is 3.05. The molecular formula is C34H33N3O6S. The maximum absolute atomic E-state index is 13.5. The van der Waals surface area contributed by atoms with Gasteiger partial charge in [0.1, 0.15) is 22.9 Å². The summed E-state index contributed by atoms with van der Waals surface area (Å²) in [6.07, 6.45) is 1.54. The van der Waals surface area contributed by atoms with E-state index in [9.17, 15) is 14.4 Å². The molecule has 3 N–H and O–H groups in total. The molecule has 0 atom stereocenters. The number of nitrogens with one attached hydrogen (secondary N) is 3. The Morgan fingerprint density at radius 1 is 0.795 bits per heavy atom. The first-order valence-corrected chi connectivity index (χ1v) is 14.7. The fourth-order valence-electron chi connectivity index (χ4n) is 4.08. The van der Waals surface area contributed by atoms with E-state index in [4.69, 9.17) is 14.2 Å². The molecule has 4 rings (SSSR count). The van der Waals surface area contributed by atoms with Gasteiger partial charge in [-0.3, -0.25) is 14.4 Å². The lowest BCUT2D eigenvalue weighted by molar-refractivity contribution is -0.114. The van der Waals surface area contributed by atoms with Crippen LogP contribution in [0, 0.1) is 0 Å². The minimum atomic E-state index is -0.542. The summed E-state index contributed by atoms with van der Waals surface area (Å²) < 4.78 is 16.3. The van der Waals surface area contributed by atoms with Crippen molar-refractivity contribution >= 4 is 46.9 Å². The highest BCUT2D eigenvalue weighted by molar-refractivity contribution is 8.00. The Bertz CT molecular complexity index is 1640. The van der Waals surface area contributed by atoms with Crippen molar-refractivity contribution in [3.8, 4) is 17.2 Å². The lowest BCUT2D eigenvalue weighted by atomic mass is 10.1. The van der Waals surface area contributed by atoms with Crippen molar-refractivity contribution in [1.29, 1.82) is 0 Å². The van der Waals surface area contributed by atoms with Crippen molar-refractivity contribution in [2.24, 2.45) is 0 Å². The maximum atomic E-state index is 13.5. The van der Waals surface area contributed by atoms with Gasteiger partial charge >= 0.3 is 0 Å². The van der Waals surface area contributed by atoms with Gasteiger partial charge in [-0.25, -0.2) is 0 Å². The fourth-order valence-corrected chi connectivity index (χ4v) is 4.84. The van der Waals surface area contributed by atoms with Gasteiger partial charge in [0.2, 0.25) is 5.91 Å². The highest BCUT2D eigenvalue weighted by atomic mass is 32.2. The van der Waals surface area contributed by atoms with Crippen LogP contribution in [0.2, 0.25) is 0 Å². The molecule has 0 aliphatic carbocycles. The van der Waals surface area contributed by atoms with E-state index in [0.717, 1.165) is 4.90 Å². The molecule has 3 amide bonds. The molecule has 0 saturated heterocycles. The molecule has 9 nitrogen and oxygen atoms in total. The number of para-hydroxylation sites is 2. The molecule has 0 unspecified atom stereocenters. The van der Waals surface area contributed by atoms with E-state index in [0.29, 0.717) is 46.4 Å². The highest BCUT2D eigenvalue weighted by Gasteiger charge is 2.17. The first-order valence-electron chi connectivity index (χ1n) is 13.8. The van der Waals surface area contributed by atoms with Crippen molar-refractivity contribution in [2.45, 2.75) is 11.8 Å². The third kappa shape index (κ3) is 8.89. The zero-order chi connectivity index (χ0) is 31.3. The van der Waals surface area contributed by atoms with Gasteiger partial charge in [0.05, 0.1) is 32.3 Å². The van der Waals surface area contributed by atoms with Crippen LogP contribution in [0.1, 0.15) is 22.8 Å². The fraction of sp³-hybridized carbons (Fsp3) is 0.147. The number of rotatable bonds is 13. The lowest BCUT2D eigenvalue weighted by Gasteiger charge is -2.14. The van der Waals surface area contributed by atoms with E-state index in [1.807, 2.05) is 25.1 Å². The number of carbonyl (C=O) groups is 3. The summed E-state index contributed by atoms with van der Waals surface area (Å²) in [6, 6.07) is 28.1. The normalized spacial score (nSPS) is 10.8. The monoisotopic (exact) mass is 611 g/mol. The summed E-state index contributed by atoms with van der Waals surface area (Å²) >= 11 is 1.32. The van der Waals surface area contributed by atoms with Crippen molar-refractivity contribution in [2.75, 3.05) is 37.2 Å². The SMILES string of the molecule is CCOc1ccccc1NC(=O)CSc1cccc(NC(=O)/C(=C\c2ccc(OC)cc2OC)NC(=O)c2ccccc2)c1. The number of anilines is 2. The summed E-state index contributed by atoms with van der Waals surface area (Å²) in [5.74, 6) is 0.615. The molecule has 4 aromatic carbocycles. The summed E-state index contributed by atoms with van der Waals surface area (Å²) in [5, 5.41) is 8.46. The van der Waals surface area contributed by atoms with Gasteiger partial charge in [0.25, 0.3) is 11.8 Å². The number of hydrogen-bond acceptors (Lipinski definition) is 7. The van der Waals surface area contributed by atoms with Gasteiger partial charge in [0.15, 0.2) is 0 Å². The minimum Gasteiger partial charge on any atom is -0.497 e. The van der Waals surface area contributed by atoms with Crippen LogP contribution in [-0.2, 0) is 9.59 Å². The third-order valence-electron chi connectivity index (χ3n) is 6.19. The Balaban J connectivity index is 1.49. The van der Waals surface area contributed by atoms with Gasteiger partial charge in [-0.05, 0) is 67.6 Å². The first-order chi connectivity index (χ1) is 21.4. The Kier molecular flexibility index (Phi) is 11.4. The Hall–Kier alpha value is -5.22. The van der Waals surface area contributed by atoms with E-state index in [1.54, 1.807) is 86.0 Å². The van der Waals surface area contributed by atoms with E-state index in [2.05, 4.69) is 16.0 Å². The predicted octanol–water partition coefficient (Wildman–Crippen LogP) is 6.24. The topological polar surface area (TPSA) is 115 Å². The van der Waals surface area contributed by atoms with E-state index in [1.165, 1.54) is 24.9 Å². The van der Waals surface area contributed by atoms with Crippen LogP contribution in [0.15, 0.2) is 108 Å². The average molecular weight is 612 g/mol. The largest absolute Gasteiger partial charge is 0.497 e. The number of benzene rings is 4. The second-order valence-corrected chi connectivity index (χ2v) is 10.3. The van der Waals surface area contributed by atoms with Crippen molar-refractivity contribution in [1.82, 2.24) is 5.32 Å². The van der Waals surface area contributed by atoms with Gasteiger partial charge in [-0.15, -0.1) is 11.8 Å². The van der Waals surface area contributed by atoms with Crippen molar-refractivity contribution in [3.63, 3.8) is 0 Å². The Morgan fingerprint density at radius 3 is 2.32 bits per heavy atom. The number of ether oxygens (including phenoxy) is 3. The first kappa shape index (κ1) is 31.7. The predicted molar refractivity (Wildman–Crippen MR) is 173 cm³/mol. The molecule has 0 radical (unpaired) electrons. The Labute approximate surface area is 260 Å². The number of thioether (sulfide) groups is 1. The van der Waals surface area contributed by atoms with Crippen LogP contribution in [-0.4, -0.2) is 44.3 Å². The second kappa shape index (κ2) is 15.9. The second-order valence-electron chi connectivity index (χ2n) is 9.23. The zero-order valence-electron chi connectivity index (χ0n) is 24.6. The van der Waals surface area contributed by atoms with Gasteiger partial charge in [-0.2, -0.15) is 0 Å². The molecule has 0 aliphatic heterocycles. The van der Waals surface area contributed by atoms with Crippen LogP contribution in [0.3, 0.4) is 0 Å². The number of hydrogen-bond donors (Lipinski definition) is 3. The molecule has 226 valence electrons. The summed E-state index contributed by atoms with van der Waals surface area (Å²) in [4.78, 5) is 40.0. The third-order valence-corrected chi connectivity index (χ3v) is 7.19. The Morgan fingerprint density at radius 2 is 1.57 bits per heavy atom. The standard InChI is InChI=1S/C34H33N3O6S/c1-4-43-30-16-9-8-15-28(30)36-32(38)22-44-27-14-10-13-25(20-27)35-34(40)29(37-33(39)23-11-6-5-7-12-23)19-24-17-18-26(41-2)21-31(24)42-3/h5-21H,4,22H2,1-3H3,(H,35,40)(H,36,38)(H,37,39)/b29-19+. The molecule has 0 aliphatic rings. The molecule has 10 heteroatoms. The van der Waals surface area contributed by atoms with Gasteiger partial charge < -0.3 is 30.2 Å². The van der Waals surface area contributed by atoms with Crippen LogP contribution < -0.4 is 30.2 Å². The molecule has 4 aromatic rings. The number of carbonyl (C=O) groups excluding carboxylic acids is 3. The van der Waals surface area contributed by atoms with Crippen molar-refractivity contribution in [3.05, 3.63) is 114 Å². The average Bonchev–Trinajstić information content (AvgIpc) is 3.05. The smallest absolute Gasteiger partial charge is 0.272 e. The number of amides is 3. The maximum Gasteiger partial charge on any atom is 0.272 e. The lowest BCUT2D eigenvalue weighted by Crippen LogP contribution is -2.30. The summed E-state index contributed by atoms with van der Waals surface area (Å²) in [6.45, 7) is 2.37. The van der Waals surface area contributed by atoms with Gasteiger partial charge in [0, 0.05) is 27.8 Å². The molecule has 0 saturated carbocycles.